The summed E-state index contributed by atoms with van der Waals surface area (Å²) in [5.41, 5.74) is 14.4. The number of rotatable bonds is 12. The maximum absolute atomic E-state index is 11.0. The molecule has 3 unspecified atom stereocenters. The zero-order chi connectivity index (χ0) is 30.5. The van der Waals surface area contributed by atoms with Gasteiger partial charge in [0.15, 0.2) is 0 Å². The molecule has 0 bridgehead atoms. The van der Waals surface area contributed by atoms with Gasteiger partial charge in [0.1, 0.15) is 18.1 Å². The van der Waals surface area contributed by atoms with Crippen LogP contribution in [0.5, 0.6) is 5.75 Å². The predicted molar refractivity (Wildman–Crippen MR) is 173 cm³/mol. The average Bonchev–Trinajstić information content (AvgIpc) is 3.53. The van der Waals surface area contributed by atoms with Crippen molar-refractivity contribution in [1.29, 1.82) is 5.41 Å². The molecule has 2 heterocycles. The quantitative estimate of drug-likeness (QED) is 0.122. The molecule has 3 atom stereocenters. The molecule has 1 saturated heterocycles. The molecular formula is C33H45N5O3S. The Bertz CT molecular complexity index is 1260. The van der Waals surface area contributed by atoms with E-state index in [9.17, 15) is 9.59 Å². The van der Waals surface area contributed by atoms with Gasteiger partial charge in [-0.2, -0.15) is 11.3 Å². The van der Waals surface area contributed by atoms with Crippen molar-refractivity contribution in [1.82, 2.24) is 10.2 Å². The fourth-order valence-corrected chi connectivity index (χ4v) is 5.96. The third-order valence-electron chi connectivity index (χ3n) is 8.08. The first-order valence-corrected chi connectivity index (χ1v) is 15.6. The van der Waals surface area contributed by atoms with Gasteiger partial charge in [0, 0.05) is 47.4 Å². The van der Waals surface area contributed by atoms with E-state index in [1.807, 2.05) is 29.2 Å². The molecule has 9 heteroatoms. The van der Waals surface area contributed by atoms with Gasteiger partial charge in [-0.1, -0.05) is 13.3 Å². The highest BCUT2D eigenvalue weighted by Crippen LogP contribution is 2.38. The minimum Gasteiger partial charge on any atom is -0.490 e. The number of amides is 1. The third kappa shape index (κ3) is 8.50. The molecule has 1 aromatic heterocycles. The number of hydrogen-bond acceptors (Lipinski definition) is 8. The number of hydrogen-bond donors (Lipinski definition) is 4. The molecule has 42 heavy (non-hydrogen) atoms. The van der Waals surface area contributed by atoms with E-state index in [-0.39, 0.29) is 17.9 Å². The van der Waals surface area contributed by atoms with Crippen LogP contribution in [-0.2, 0) is 4.79 Å². The summed E-state index contributed by atoms with van der Waals surface area (Å²) in [7, 11) is 3.57. The van der Waals surface area contributed by atoms with Crippen molar-refractivity contribution in [3.8, 4) is 5.75 Å². The predicted octanol–water partition coefficient (Wildman–Crippen LogP) is 5.66. The molecule has 226 valence electrons. The van der Waals surface area contributed by atoms with Gasteiger partial charge in [0.05, 0.1) is 5.71 Å². The summed E-state index contributed by atoms with van der Waals surface area (Å²) in [5.74, 6) is 1.62. The number of carbonyl (C=O) groups excluding carboxylic acids is 2. The van der Waals surface area contributed by atoms with Crippen LogP contribution in [0.4, 0.5) is 5.69 Å². The Balaban J connectivity index is 0.000000286. The Labute approximate surface area is 254 Å². The fourth-order valence-electron chi connectivity index (χ4n) is 5.27. The highest BCUT2D eigenvalue weighted by atomic mass is 32.1. The van der Waals surface area contributed by atoms with Crippen LogP contribution in [0.2, 0.25) is 0 Å². The van der Waals surface area contributed by atoms with Crippen LogP contribution in [0.15, 0.2) is 59.3 Å². The van der Waals surface area contributed by atoms with Gasteiger partial charge >= 0.3 is 0 Å². The van der Waals surface area contributed by atoms with E-state index >= 15 is 0 Å². The summed E-state index contributed by atoms with van der Waals surface area (Å²) < 4.78 is 6.08. The standard InChI is InChI=1S/C22H25N3O3.C10H15NS.CH5N/c1-2-18(12-17-9-10-25(17)14-27)28-19-6-4-16(5-7-19)22(24)20-11-15(13-26)3-8-21(20)23;1-11-10(8-3-2-4-8)9-5-6-12-7-9;1-2/h3-8,11,13-14,17-18,24H,2,9-10,12,23H2,1H3;5-8,10-11H,2-4H2,1H3;2H2,1H3. The molecule has 0 spiro atoms. The summed E-state index contributed by atoms with van der Waals surface area (Å²) in [6.45, 7) is 2.90. The lowest BCUT2D eigenvalue weighted by atomic mass is 9.78. The number of thiophene rings is 1. The number of anilines is 1. The molecule has 2 aliphatic rings. The molecule has 5 rings (SSSR count). The second kappa shape index (κ2) is 16.8. The van der Waals surface area contributed by atoms with Crippen molar-refractivity contribution in [2.75, 3.05) is 26.4 Å². The number of nitrogen functional groups attached to an aromatic ring is 1. The smallest absolute Gasteiger partial charge is 0.209 e. The van der Waals surface area contributed by atoms with Crippen molar-refractivity contribution in [2.45, 2.75) is 63.6 Å². The molecule has 0 radical (unpaired) electrons. The summed E-state index contributed by atoms with van der Waals surface area (Å²) in [6, 6.07) is 15.3. The van der Waals surface area contributed by atoms with Gasteiger partial charge < -0.3 is 26.4 Å². The number of aldehydes is 1. The Hall–Kier alpha value is -3.53. The van der Waals surface area contributed by atoms with Crippen molar-refractivity contribution in [3.63, 3.8) is 0 Å². The van der Waals surface area contributed by atoms with Crippen LogP contribution < -0.4 is 21.5 Å². The number of benzene rings is 2. The lowest BCUT2D eigenvalue weighted by molar-refractivity contribution is -0.125. The van der Waals surface area contributed by atoms with Crippen LogP contribution in [0, 0.1) is 11.3 Å². The maximum Gasteiger partial charge on any atom is 0.209 e. The van der Waals surface area contributed by atoms with Crippen LogP contribution in [0.3, 0.4) is 0 Å². The first-order chi connectivity index (χ1) is 20.5. The summed E-state index contributed by atoms with van der Waals surface area (Å²) in [4.78, 5) is 23.8. The largest absolute Gasteiger partial charge is 0.490 e. The van der Waals surface area contributed by atoms with E-state index < -0.39 is 0 Å². The second-order valence-electron chi connectivity index (χ2n) is 10.5. The van der Waals surface area contributed by atoms with Gasteiger partial charge in [-0.05, 0) is 111 Å². The fraction of sp³-hybridized carbons (Fsp3) is 0.424. The second-order valence-corrected chi connectivity index (χ2v) is 11.3. The van der Waals surface area contributed by atoms with Gasteiger partial charge in [-0.25, -0.2) is 0 Å². The number of likely N-dealkylation sites (tertiary alicyclic amines) is 1. The van der Waals surface area contributed by atoms with Gasteiger partial charge in [0.2, 0.25) is 6.41 Å². The monoisotopic (exact) mass is 591 g/mol. The molecule has 1 aliphatic carbocycles. The molecule has 3 aromatic rings. The van der Waals surface area contributed by atoms with Crippen molar-refractivity contribution in [2.24, 2.45) is 11.7 Å². The molecule has 6 N–H and O–H groups in total. The Morgan fingerprint density at radius 2 is 1.88 bits per heavy atom. The van der Waals surface area contributed by atoms with Gasteiger partial charge in [-0.15, -0.1) is 0 Å². The molecule has 2 fully saturated rings. The Morgan fingerprint density at radius 3 is 2.38 bits per heavy atom. The van der Waals surface area contributed by atoms with E-state index in [0.29, 0.717) is 28.4 Å². The van der Waals surface area contributed by atoms with E-state index in [1.54, 1.807) is 29.5 Å². The average molecular weight is 592 g/mol. The minimum absolute atomic E-state index is 0.0398. The van der Waals surface area contributed by atoms with E-state index in [4.69, 9.17) is 15.9 Å². The van der Waals surface area contributed by atoms with E-state index in [1.165, 1.54) is 31.9 Å². The van der Waals surface area contributed by atoms with Crippen molar-refractivity contribution >= 4 is 35.4 Å². The van der Waals surface area contributed by atoms with E-state index in [2.05, 4.69) is 41.8 Å². The number of carbonyl (C=O) groups is 2. The normalized spacial score (nSPS) is 17.1. The maximum atomic E-state index is 11.0. The minimum atomic E-state index is 0.0398. The van der Waals surface area contributed by atoms with Crippen LogP contribution in [0.1, 0.15) is 78.5 Å². The number of nitrogens with zero attached hydrogens (tertiary/aromatic N) is 1. The molecule has 1 saturated carbocycles. The topological polar surface area (TPSA) is 135 Å². The Morgan fingerprint density at radius 1 is 1.14 bits per heavy atom. The van der Waals surface area contributed by atoms with Crippen molar-refractivity contribution in [3.05, 3.63) is 81.5 Å². The molecule has 1 aliphatic heterocycles. The highest BCUT2D eigenvalue weighted by Gasteiger charge is 2.29. The van der Waals surface area contributed by atoms with Crippen LogP contribution in [0.25, 0.3) is 0 Å². The number of nitrogens with one attached hydrogen (secondary N) is 2. The van der Waals surface area contributed by atoms with Gasteiger partial charge in [-0.3, -0.25) is 15.0 Å². The molecule has 2 aromatic carbocycles. The zero-order valence-electron chi connectivity index (χ0n) is 24.9. The summed E-state index contributed by atoms with van der Waals surface area (Å²) in [6.07, 6.45) is 8.62. The van der Waals surface area contributed by atoms with Gasteiger partial charge in [0.25, 0.3) is 0 Å². The lowest BCUT2D eigenvalue weighted by Gasteiger charge is -2.39. The Kier molecular flexibility index (Phi) is 13.2. The highest BCUT2D eigenvalue weighted by molar-refractivity contribution is 7.08. The van der Waals surface area contributed by atoms with E-state index in [0.717, 1.165) is 50.2 Å². The zero-order valence-corrected chi connectivity index (χ0v) is 25.7. The molecule has 1 amide bonds. The molecular weight excluding hydrogens is 546 g/mol. The van der Waals surface area contributed by atoms with Crippen LogP contribution in [-0.4, -0.2) is 56.1 Å². The lowest BCUT2D eigenvalue weighted by Crippen LogP contribution is -2.48. The first-order valence-electron chi connectivity index (χ1n) is 14.7. The number of ether oxygens (including phenoxy) is 1. The SMILES string of the molecule is CCC(CC1CCN1C=O)Oc1ccc(C(=N)c2cc(C=O)ccc2N)cc1.CN.CNC(c1ccsc1)C1CCC1. The first kappa shape index (κ1) is 33.0. The van der Waals surface area contributed by atoms with Crippen LogP contribution >= 0.6 is 11.3 Å². The molecule has 8 nitrogen and oxygen atoms in total. The number of nitrogens with two attached hydrogens (primary N) is 2. The third-order valence-corrected chi connectivity index (χ3v) is 8.78. The summed E-state index contributed by atoms with van der Waals surface area (Å²) in [5, 5.41) is 16.3. The van der Waals surface area contributed by atoms with Crippen molar-refractivity contribution < 1.29 is 14.3 Å². The summed E-state index contributed by atoms with van der Waals surface area (Å²) >= 11 is 1.80.